The zero-order valence-electron chi connectivity index (χ0n) is 14.0. The minimum Gasteiger partial charge on any atom is -0.327 e. The number of anilines is 1. The normalized spacial score (nSPS) is 24.2. The van der Waals surface area contributed by atoms with Crippen molar-refractivity contribution >= 4 is 23.4 Å². The highest BCUT2D eigenvalue weighted by Crippen LogP contribution is 2.37. The van der Waals surface area contributed by atoms with Crippen LogP contribution in [-0.4, -0.2) is 34.7 Å². The smallest absolute Gasteiger partial charge is 0.257 e. The van der Waals surface area contributed by atoms with Gasteiger partial charge in [-0.2, -0.15) is 0 Å². The third kappa shape index (κ3) is 2.94. The topological polar surface area (TPSA) is 57.7 Å². The van der Waals surface area contributed by atoms with Gasteiger partial charge in [-0.15, -0.1) is 0 Å². The number of hydrogen-bond donors (Lipinski definition) is 0. The van der Waals surface area contributed by atoms with Crippen LogP contribution in [0.4, 0.5) is 10.1 Å². The number of rotatable bonds is 4. The average Bonchev–Trinajstić information content (AvgIpc) is 3.24. The SMILES string of the molecule is O=C1CC(N(C(=O)C2CC2)C2CCCC2)C(=O)N1c1ccc(F)cc1. The van der Waals surface area contributed by atoms with Crippen LogP contribution >= 0.6 is 0 Å². The minimum atomic E-state index is -0.714. The Morgan fingerprint density at radius 1 is 1.04 bits per heavy atom. The summed E-state index contributed by atoms with van der Waals surface area (Å²) in [5.74, 6) is -1.07. The van der Waals surface area contributed by atoms with E-state index < -0.39 is 11.9 Å². The van der Waals surface area contributed by atoms with E-state index in [0.717, 1.165) is 43.4 Å². The van der Waals surface area contributed by atoms with E-state index in [4.69, 9.17) is 0 Å². The second-order valence-electron chi connectivity index (χ2n) is 7.22. The maximum absolute atomic E-state index is 13.1. The number of nitrogens with zero attached hydrogens (tertiary/aromatic N) is 2. The fourth-order valence-electron chi connectivity index (χ4n) is 4.01. The summed E-state index contributed by atoms with van der Waals surface area (Å²) in [6.07, 6.45) is 5.66. The summed E-state index contributed by atoms with van der Waals surface area (Å²) in [4.78, 5) is 41.1. The predicted octanol–water partition coefficient (Wildman–Crippen LogP) is 2.64. The van der Waals surface area contributed by atoms with Gasteiger partial charge in [-0.3, -0.25) is 14.4 Å². The fraction of sp³-hybridized carbons (Fsp3) is 0.526. The molecule has 1 aliphatic heterocycles. The first-order chi connectivity index (χ1) is 12.1. The monoisotopic (exact) mass is 344 g/mol. The Balaban J connectivity index is 1.62. The lowest BCUT2D eigenvalue weighted by molar-refractivity contribution is -0.142. The van der Waals surface area contributed by atoms with E-state index >= 15 is 0 Å². The van der Waals surface area contributed by atoms with Gasteiger partial charge >= 0.3 is 0 Å². The summed E-state index contributed by atoms with van der Waals surface area (Å²) < 4.78 is 13.1. The molecule has 1 aromatic carbocycles. The quantitative estimate of drug-likeness (QED) is 0.789. The Morgan fingerprint density at radius 2 is 1.68 bits per heavy atom. The first kappa shape index (κ1) is 16.2. The van der Waals surface area contributed by atoms with Crippen molar-refractivity contribution in [2.75, 3.05) is 4.90 Å². The Bertz CT molecular complexity index is 708. The zero-order chi connectivity index (χ0) is 17.6. The zero-order valence-corrected chi connectivity index (χ0v) is 14.0. The molecule has 6 heteroatoms. The highest BCUT2D eigenvalue weighted by Gasteiger charge is 2.49. The number of hydrogen-bond acceptors (Lipinski definition) is 3. The standard InChI is InChI=1S/C19H21FN2O3/c20-13-7-9-15(10-8-13)22-17(23)11-16(19(22)25)21(14-3-1-2-4-14)18(24)12-5-6-12/h7-10,12,14,16H,1-6,11H2. The third-order valence-corrected chi connectivity index (χ3v) is 5.44. The van der Waals surface area contributed by atoms with Crippen molar-refractivity contribution in [2.45, 2.75) is 57.0 Å². The van der Waals surface area contributed by atoms with E-state index in [1.165, 1.54) is 24.3 Å². The van der Waals surface area contributed by atoms with E-state index in [0.29, 0.717) is 5.69 Å². The minimum absolute atomic E-state index is 0.0170. The highest BCUT2D eigenvalue weighted by molar-refractivity contribution is 6.23. The van der Waals surface area contributed by atoms with Crippen LogP contribution in [0.2, 0.25) is 0 Å². The first-order valence-corrected chi connectivity index (χ1v) is 9.01. The summed E-state index contributed by atoms with van der Waals surface area (Å²) in [6.45, 7) is 0. The number of carbonyl (C=O) groups excluding carboxylic acids is 3. The van der Waals surface area contributed by atoms with Gasteiger partial charge in [0.15, 0.2) is 0 Å². The van der Waals surface area contributed by atoms with Crippen LogP contribution in [0.15, 0.2) is 24.3 Å². The lowest BCUT2D eigenvalue weighted by Crippen LogP contribution is -2.50. The van der Waals surface area contributed by atoms with Crippen LogP contribution in [0.25, 0.3) is 0 Å². The predicted molar refractivity (Wildman–Crippen MR) is 89.1 cm³/mol. The second kappa shape index (κ2) is 6.24. The maximum atomic E-state index is 13.1. The number of benzene rings is 1. The van der Waals surface area contributed by atoms with Crippen LogP contribution in [0.3, 0.4) is 0 Å². The summed E-state index contributed by atoms with van der Waals surface area (Å²) in [5, 5.41) is 0. The number of carbonyl (C=O) groups is 3. The molecule has 25 heavy (non-hydrogen) atoms. The Hall–Kier alpha value is -2.24. The Kier molecular flexibility index (Phi) is 4.06. The molecule has 5 nitrogen and oxygen atoms in total. The molecule has 0 radical (unpaired) electrons. The molecule has 3 fully saturated rings. The van der Waals surface area contributed by atoms with Crippen molar-refractivity contribution in [1.82, 2.24) is 4.90 Å². The Morgan fingerprint density at radius 3 is 2.28 bits per heavy atom. The molecule has 1 heterocycles. The van der Waals surface area contributed by atoms with E-state index in [-0.39, 0.29) is 36.1 Å². The van der Waals surface area contributed by atoms with Gasteiger partial charge in [0.25, 0.3) is 5.91 Å². The summed E-state index contributed by atoms with van der Waals surface area (Å²) in [7, 11) is 0. The van der Waals surface area contributed by atoms with Crippen LogP contribution in [0.5, 0.6) is 0 Å². The van der Waals surface area contributed by atoms with E-state index in [2.05, 4.69) is 0 Å². The van der Waals surface area contributed by atoms with Crippen molar-refractivity contribution in [3.05, 3.63) is 30.1 Å². The summed E-state index contributed by atoms with van der Waals surface area (Å²) in [6, 6.07) is 4.66. The molecule has 4 rings (SSSR count). The first-order valence-electron chi connectivity index (χ1n) is 9.01. The number of amides is 3. The number of imide groups is 1. The molecule has 0 bridgehead atoms. The van der Waals surface area contributed by atoms with Gasteiger partial charge in [0.2, 0.25) is 11.8 Å². The maximum Gasteiger partial charge on any atom is 0.257 e. The third-order valence-electron chi connectivity index (χ3n) is 5.44. The van der Waals surface area contributed by atoms with Crippen molar-refractivity contribution in [2.24, 2.45) is 5.92 Å². The van der Waals surface area contributed by atoms with Crippen LogP contribution in [0, 0.1) is 11.7 Å². The Labute approximate surface area is 145 Å². The van der Waals surface area contributed by atoms with Gasteiger partial charge in [-0.1, -0.05) is 12.8 Å². The van der Waals surface area contributed by atoms with Crippen LogP contribution in [-0.2, 0) is 14.4 Å². The molecule has 1 saturated heterocycles. The molecule has 3 amide bonds. The van der Waals surface area contributed by atoms with Crippen molar-refractivity contribution in [3.63, 3.8) is 0 Å². The van der Waals surface area contributed by atoms with Gasteiger partial charge in [0, 0.05) is 12.0 Å². The largest absolute Gasteiger partial charge is 0.327 e. The van der Waals surface area contributed by atoms with Gasteiger partial charge in [0.1, 0.15) is 11.9 Å². The molecule has 2 saturated carbocycles. The van der Waals surface area contributed by atoms with E-state index in [1.807, 2.05) is 0 Å². The van der Waals surface area contributed by atoms with E-state index in [9.17, 15) is 18.8 Å². The average molecular weight is 344 g/mol. The second-order valence-corrected chi connectivity index (χ2v) is 7.22. The van der Waals surface area contributed by atoms with Crippen LogP contribution < -0.4 is 4.90 Å². The fourth-order valence-corrected chi connectivity index (χ4v) is 4.01. The van der Waals surface area contributed by atoms with Gasteiger partial charge in [-0.05, 0) is 49.9 Å². The molecule has 0 spiro atoms. The molecule has 2 aliphatic carbocycles. The molecular formula is C19H21FN2O3. The van der Waals surface area contributed by atoms with E-state index in [1.54, 1.807) is 4.90 Å². The number of halogens is 1. The van der Waals surface area contributed by atoms with Crippen molar-refractivity contribution in [1.29, 1.82) is 0 Å². The summed E-state index contributed by atoms with van der Waals surface area (Å²) in [5.41, 5.74) is 0.365. The molecule has 0 N–H and O–H groups in total. The molecule has 132 valence electrons. The highest BCUT2D eigenvalue weighted by atomic mass is 19.1. The molecule has 1 unspecified atom stereocenters. The van der Waals surface area contributed by atoms with Crippen molar-refractivity contribution < 1.29 is 18.8 Å². The van der Waals surface area contributed by atoms with Crippen molar-refractivity contribution in [3.8, 4) is 0 Å². The molecule has 0 aromatic heterocycles. The van der Waals surface area contributed by atoms with Crippen LogP contribution in [0.1, 0.15) is 44.9 Å². The summed E-state index contributed by atoms with van der Waals surface area (Å²) >= 11 is 0. The van der Waals surface area contributed by atoms with Gasteiger partial charge < -0.3 is 4.90 Å². The molecular weight excluding hydrogens is 323 g/mol. The lowest BCUT2D eigenvalue weighted by atomic mass is 10.1. The molecule has 1 atom stereocenters. The molecule has 3 aliphatic rings. The van der Waals surface area contributed by atoms with Gasteiger partial charge in [0.05, 0.1) is 12.1 Å². The van der Waals surface area contributed by atoms with Gasteiger partial charge in [-0.25, -0.2) is 9.29 Å². The lowest BCUT2D eigenvalue weighted by Gasteiger charge is -2.33. The molecule has 1 aromatic rings.